The highest BCUT2D eigenvalue weighted by atomic mass is 32.2. The largest absolute Gasteiger partial charge is 0.466 e. The van der Waals surface area contributed by atoms with E-state index in [1.54, 1.807) is 0 Å². The number of carbonyl (C=O) groups is 2. The van der Waals surface area contributed by atoms with Crippen molar-refractivity contribution in [2.24, 2.45) is 15.0 Å². The van der Waals surface area contributed by atoms with E-state index in [1.807, 2.05) is 71.9 Å². The zero-order valence-electron chi connectivity index (χ0n) is 20.2. The van der Waals surface area contributed by atoms with Crippen molar-refractivity contribution in [3.8, 4) is 0 Å². The summed E-state index contributed by atoms with van der Waals surface area (Å²) in [5.74, 6) is -0.972. The molecule has 0 saturated carbocycles. The van der Waals surface area contributed by atoms with Gasteiger partial charge in [0.05, 0.1) is 25.3 Å². The first-order valence-electron chi connectivity index (χ1n) is 10.5. The van der Waals surface area contributed by atoms with Gasteiger partial charge in [-0.2, -0.15) is 0 Å². The number of ether oxygens (including phenoxy) is 3. The second-order valence-corrected chi connectivity index (χ2v) is 10.7. The second kappa shape index (κ2) is 8.78. The lowest BCUT2D eigenvalue weighted by Crippen LogP contribution is -2.37. The van der Waals surface area contributed by atoms with Gasteiger partial charge in [0.15, 0.2) is 0 Å². The van der Waals surface area contributed by atoms with Crippen LogP contribution in [0.25, 0.3) is 0 Å². The summed E-state index contributed by atoms with van der Waals surface area (Å²) in [6, 6.07) is 9.29. The van der Waals surface area contributed by atoms with Gasteiger partial charge in [-0.25, -0.2) is 19.6 Å². The lowest BCUT2D eigenvalue weighted by molar-refractivity contribution is -0.139. The molecule has 0 radical (unpaired) electrons. The van der Waals surface area contributed by atoms with Crippen LogP contribution in [0.2, 0.25) is 0 Å². The third-order valence-corrected chi connectivity index (χ3v) is 5.72. The van der Waals surface area contributed by atoms with Gasteiger partial charge in [-0.15, -0.1) is 0 Å². The van der Waals surface area contributed by atoms with Crippen molar-refractivity contribution in [3.05, 3.63) is 47.0 Å². The fourth-order valence-electron chi connectivity index (χ4n) is 3.25. The maximum Gasteiger partial charge on any atom is 0.341 e. The Labute approximate surface area is 198 Å². The van der Waals surface area contributed by atoms with E-state index in [2.05, 4.69) is 0 Å². The Hall–Kier alpha value is -2.94. The number of hydrogen-bond acceptors (Lipinski definition) is 9. The summed E-state index contributed by atoms with van der Waals surface area (Å²) in [6.45, 7) is 11.4. The number of rotatable bonds is 3. The molecule has 0 saturated heterocycles. The standard InChI is InChI=1S/C24H29N3O5S/c1-22(2,3)26-18-15(19(28)30-7)16(20(29)31-8)24(33-18)21(27-23(4,5)6)32-17(25-24)14-12-10-9-11-13-14/h9-13H,1-8H3. The van der Waals surface area contributed by atoms with Gasteiger partial charge in [-0.3, -0.25) is 4.99 Å². The maximum absolute atomic E-state index is 13.1. The van der Waals surface area contributed by atoms with Crippen LogP contribution < -0.4 is 0 Å². The first-order valence-corrected chi connectivity index (χ1v) is 11.3. The minimum Gasteiger partial charge on any atom is -0.466 e. The smallest absolute Gasteiger partial charge is 0.341 e. The molecule has 1 aromatic rings. The molecule has 0 N–H and O–H groups in total. The number of nitrogens with zero attached hydrogens (tertiary/aromatic N) is 3. The van der Waals surface area contributed by atoms with Crippen LogP contribution in [-0.2, 0) is 23.8 Å². The molecule has 1 spiro atoms. The average molecular weight is 472 g/mol. The van der Waals surface area contributed by atoms with Crippen LogP contribution >= 0.6 is 11.8 Å². The summed E-state index contributed by atoms with van der Waals surface area (Å²) in [5.41, 5.74) is -0.393. The van der Waals surface area contributed by atoms with Crippen molar-refractivity contribution < 1.29 is 23.8 Å². The molecule has 9 heteroatoms. The fraction of sp³-hybridized carbons (Fsp3) is 0.458. The molecule has 1 unspecified atom stereocenters. The van der Waals surface area contributed by atoms with Crippen LogP contribution in [0.15, 0.2) is 56.5 Å². The molecule has 176 valence electrons. The van der Waals surface area contributed by atoms with E-state index in [4.69, 9.17) is 29.2 Å². The zero-order chi connectivity index (χ0) is 24.6. The molecule has 1 atom stereocenters. The molecular weight excluding hydrogens is 442 g/mol. The van der Waals surface area contributed by atoms with Crippen molar-refractivity contribution in [3.63, 3.8) is 0 Å². The number of aliphatic imine (C=N–C) groups is 3. The van der Waals surface area contributed by atoms with Gasteiger partial charge < -0.3 is 14.2 Å². The van der Waals surface area contributed by atoms with Gasteiger partial charge in [-0.1, -0.05) is 30.0 Å². The highest BCUT2D eigenvalue weighted by Gasteiger charge is 2.60. The van der Waals surface area contributed by atoms with Gasteiger partial charge in [0.25, 0.3) is 0 Å². The van der Waals surface area contributed by atoms with Gasteiger partial charge in [0, 0.05) is 5.56 Å². The molecule has 0 fully saturated rings. The average Bonchev–Trinajstić information content (AvgIpc) is 3.22. The molecule has 2 heterocycles. The van der Waals surface area contributed by atoms with E-state index in [9.17, 15) is 9.59 Å². The van der Waals surface area contributed by atoms with Crippen LogP contribution in [0.1, 0.15) is 47.1 Å². The summed E-state index contributed by atoms with van der Waals surface area (Å²) in [5, 5.41) is 0.318. The molecule has 0 aliphatic carbocycles. The van der Waals surface area contributed by atoms with Crippen molar-refractivity contribution in [1.29, 1.82) is 0 Å². The highest BCUT2D eigenvalue weighted by Crippen LogP contribution is 2.51. The minimum atomic E-state index is -1.47. The summed E-state index contributed by atoms with van der Waals surface area (Å²) < 4.78 is 16.3. The number of thioether (sulfide) groups is 1. The Kier molecular flexibility index (Phi) is 6.57. The molecule has 0 amide bonds. The van der Waals surface area contributed by atoms with Crippen molar-refractivity contribution in [2.45, 2.75) is 57.5 Å². The third-order valence-electron chi connectivity index (χ3n) is 4.46. The van der Waals surface area contributed by atoms with E-state index < -0.39 is 27.9 Å². The van der Waals surface area contributed by atoms with E-state index in [-0.39, 0.29) is 22.9 Å². The highest BCUT2D eigenvalue weighted by molar-refractivity contribution is 8.17. The van der Waals surface area contributed by atoms with Gasteiger partial charge in [0.2, 0.25) is 16.7 Å². The first-order chi connectivity index (χ1) is 15.3. The van der Waals surface area contributed by atoms with Crippen molar-refractivity contribution >= 4 is 40.5 Å². The van der Waals surface area contributed by atoms with Crippen LogP contribution in [-0.4, -0.2) is 58.9 Å². The Morgan fingerprint density at radius 2 is 1.52 bits per heavy atom. The quantitative estimate of drug-likeness (QED) is 0.619. The molecular formula is C24H29N3O5S. The Bertz CT molecular complexity index is 1090. The van der Waals surface area contributed by atoms with Gasteiger partial charge in [-0.05, 0) is 53.7 Å². The monoisotopic (exact) mass is 471 g/mol. The summed E-state index contributed by atoms with van der Waals surface area (Å²) >= 11 is 1.13. The summed E-state index contributed by atoms with van der Waals surface area (Å²) in [4.78, 5) is 38.9. The Balaban J connectivity index is 2.39. The van der Waals surface area contributed by atoms with E-state index in [1.165, 1.54) is 14.2 Å². The molecule has 2 aliphatic rings. The fourth-order valence-corrected chi connectivity index (χ4v) is 4.72. The normalized spacial score (nSPS) is 23.2. The zero-order valence-corrected chi connectivity index (χ0v) is 21.0. The van der Waals surface area contributed by atoms with E-state index in [0.717, 1.165) is 11.8 Å². The van der Waals surface area contributed by atoms with Crippen LogP contribution in [0.5, 0.6) is 0 Å². The van der Waals surface area contributed by atoms with Crippen molar-refractivity contribution in [1.82, 2.24) is 0 Å². The predicted molar refractivity (Wildman–Crippen MR) is 130 cm³/mol. The number of methoxy groups -OCH3 is 2. The van der Waals surface area contributed by atoms with Crippen molar-refractivity contribution in [2.75, 3.05) is 14.2 Å². The lowest BCUT2D eigenvalue weighted by Gasteiger charge is -2.23. The maximum atomic E-state index is 13.1. The molecule has 2 aliphatic heterocycles. The van der Waals surface area contributed by atoms with Gasteiger partial charge in [0.1, 0.15) is 16.2 Å². The molecule has 0 bridgehead atoms. The Morgan fingerprint density at radius 3 is 2.03 bits per heavy atom. The topological polar surface area (TPSA) is 98.9 Å². The number of carbonyl (C=O) groups excluding carboxylic acids is 2. The van der Waals surface area contributed by atoms with E-state index in [0.29, 0.717) is 10.6 Å². The number of benzene rings is 1. The van der Waals surface area contributed by atoms with Crippen LogP contribution in [0.4, 0.5) is 0 Å². The van der Waals surface area contributed by atoms with Crippen LogP contribution in [0, 0.1) is 0 Å². The van der Waals surface area contributed by atoms with Gasteiger partial charge >= 0.3 is 11.9 Å². The third kappa shape index (κ3) is 5.03. The molecule has 8 nitrogen and oxygen atoms in total. The number of hydrogen-bond donors (Lipinski definition) is 0. The lowest BCUT2D eigenvalue weighted by atomic mass is 9.99. The SMILES string of the molecule is COC(=O)C1=C(C(=O)OC)C2(N=C(c3ccccc3)OC2=NC(C)(C)C)SC1=NC(C)(C)C. The minimum absolute atomic E-state index is 0.00699. The second-order valence-electron chi connectivity index (χ2n) is 9.54. The Morgan fingerprint density at radius 1 is 0.939 bits per heavy atom. The molecule has 3 rings (SSSR count). The number of esters is 2. The summed E-state index contributed by atoms with van der Waals surface area (Å²) in [6.07, 6.45) is 0. The molecule has 1 aromatic carbocycles. The van der Waals surface area contributed by atoms with E-state index >= 15 is 0 Å². The molecule has 33 heavy (non-hydrogen) atoms. The molecule has 0 aromatic heterocycles. The first kappa shape index (κ1) is 24.7. The van der Waals surface area contributed by atoms with Crippen LogP contribution in [0.3, 0.4) is 0 Å². The predicted octanol–water partition coefficient (Wildman–Crippen LogP) is 3.94. The summed E-state index contributed by atoms with van der Waals surface area (Å²) in [7, 11) is 2.50.